The van der Waals surface area contributed by atoms with Crippen molar-refractivity contribution in [3.63, 3.8) is 0 Å². The fraction of sp³-hybridized carbons (Fsp3) is 0.700. The third-order valence-electron chi connectivity index (χ3n) is 1.42. The van der Waals surface area contributed by atoms with E-state index in [0.29, 0.717) is 6.42 Å². The van der Waals surface area contributed by atoms with Gasteiger partial charge in [0.2, 0.25) is 0 Å². The fourth-order valence-electron chi connectivity index (χ4n) is 0.901. The number of aliphatic hydroxyl groups is 1. The summed E-state index contributed by atoms with van der Waals surface area (Å²) in [7, 11) is 0. The number of hydrogen-bond acceptors (Lipinski definition) is 3. The third kappa shape index (κ3) is 6.34. The highest BCUT2D eigenvalue weighted by molar-refractivity contribution is 5.74. The molecule has 13 heavy (non-hydrogen) atoms. The Bertz CT molecular complexity index is 179. The topological polar surface area (TPSA) is 46.5 Å². The number of hydrogen-bond donors (Lipinski definition) is 1. The molecule has 1 unspecified atom stereocenters. The molecular formula is C10H18O3. The number of esters is 1. The normalized spacial score (nSPS) is 13.5. The van der Waals surface area contributed by atoms with E-state index in [1.165, 1.54) is 6.08 Å². The van der Waals surface area contributed by atoms with Crippen LogP contribution in [-0.4, -0.2) is 23.8 Å². The smallest absolute Gasteiger partial charge is 0.335 e. The molecule has 1 N–H and O–H groups in total. The van der Waals surface area contributed by atoms with Crippen LogP contribution in [0, 0.1) is 5.41 Å². The lowest BCUT2D eigenvalue weighted by Crippen LogP contribution is -2.28. The maximum absolute atomic E-state index is 11.1. The summed E-state index contributed by atoms with van der Waals surface area (Å²) in [6.45, 7) is 9.43. The van der Waals surface area contributed by atoms with E-state index in [2.05, 4.69) is 6.58 Å². The molecule has 0 aliphatic carbocycles. The van der Waals surface area contributed by atoms with Gasteiger partial charge in [0, 0.05) is 0 Å². The van der Waals surface area contributed by atoms with Gasteiger partial charge in [-0.15, -0.1) is 0 Å². The molecule has 0 aliphatic rings. The van der Waals surface area contributed by atoms with Gasteiger partial charge in [0.15, 0.2) is 6.10 Å². The lowest BCUT2D eigenvalue weighted by Gasteiger charge is -2.20. The molecule has 0 aromatic carbocycles. The first-order valence-corrected chi connectivity index (χ1v) is 4.32. The van der Waals surface area contributed by atoms with Crippen molar-refractivity contribution >= 4 is 5.97 Å². The van der Waals surface area contributed by atoms with Gasteiger partial charge in [0.25, 0.3) is 0 Å². The first-order chi connectivity index (χ1) is 5.87. The molecule has 3 heteroatoms. The Morgan fingerprint density at radius 1 is 1.62 bits per heavy atom. The van der Waals surface area contributed by atoms with Crippen LogP contribution in [0.15, 0.2) is 12.7 Å². The largest absolute Gasteiger partial charge is 0.460 e. The van der Waals surface area contributed by atoms with E-state index in [1.807, 2.05) is 20.8 Å². The maximum atomic E-state index is 11.1. The Hall–Kier alpha value is -0.830. The number of carbonyl (C=O) groups is 1. The molecule has 0 fully saturated rings. The summed E-state index contributed by atoms with van der Waals surface area (Å²) in [5.74, 6) is -0.574. The van der Waals surface area contributed by atoms with E-state index in [1.54, 1.807) is 0 Å². The van der Waals surface area contributed by atoms with Crippen LogP contribution in [0.1, 0.15) is 27.2 Å². The highest BCUT2D eigenvalue weighted by Crippen LogP contribution is 2.21. The second kappa shape index (κ2) is 5.02. The first-order valence-electron chi connectivity index (χ1n) is 4.32. The Kier molecular flexibility index (Phi) is 4.70. The van der Waals surface area contributed by atoms with Crippen LogP contribution in [0.3, 0.4) is 0 Å². The maximum Gasteiger partial charge on any atom is 0.335 e. The molecule has 0 heterocycles. The molecule has 0 amide bonds. The van der Waals surface area contributed by atoms with Crippen molar-refractivity contribution in [2.45, 2.75) is 33.3 Å². The molecule has 0 aromatic rings. The molecule has 0 rings (SSSR count). The number of carbonyl (C=O) groups excluding carboxylic acids is 1. The van der Waals surface area contributed by atoms with Crippen LogP contribution in [0.5, 0.6) is 0 Å². The Morgan fingerprint density at radius 3 is 2.54 bits per heavy atom. The van der Waals surface area contributed by atoms with Crippen LogP contribution in [0.2, 0.25) is 0 Å². The Labute approximate surface area is 79.4 Å². The van der Waals surface area contributed by atoms with Crippen molar-refractivity contribution in [3.05, 3.63) is 12.7 Å². The molecule has 76 valence electrons. The lowest BCUT2D eigenvalue weighted by molar-refractivity contribution is -0.153. The zero-order valence-electron chi connectivity index (χ0n) is 8.54. The van der Waals surface area contributed by atoms with Crippen molar-refractivity contribution in [1.82, 2.24) is 0 Å². The van der Waals surface area contributed by atoms with E-state index in [9.17, 15) is 9.90 Å². The number of ether oxygens (including phenoxy) is 1. The van der Waals surface area contributed by atoms with Gasteiger partial charge in [-0.1, -0.05) is 33.4 Å². The van der Waals surface area contributed by atoms with Crippen molar-refractivity contribution in [2.24, 2.45) is 5.41 Å². The minimum absolute atomic E-state index is 0.0768. The predicted octanol–water partition coefficient (Wildman–Crippen LogP) is 1.51. The Morgan fingerprint density at radius 2 is 2.15 bits per heavy atom. The van der Waals surface area contributed by atoms with Crippen molar-refractivity contribution in [2.75, 3.05) is 6.61 Å². The first kappa shape index (κ1) is 12.2. The number of rotatable bonds is 4. The van der Waals surface area contributed by atoms with E-state index < -0.39 is 12.1 Å². The van der Waals surface area contributed by atoms with Gasteiger partial charge in [0.1, 0.15) is 6.61 Å². The second-order valence-corrected chi connectivity index (χ2v) is 4.20. The molecular weight excluding hydrogens is 168 g/mol. The SMILES string of the molecule is C=CCOC(=O)C(O)CC(C)(C)C. The van der Waals surface area contributed by atoms with Crippen LogP contribution >= 0.6 is 0 Å². The molecule has 0 saturated heterocycles. The van der Waals surface area contributed by atoms with E-state index >= 15 is 0 Å². The minimum Gasteiger partial charge on any atom is -0.460 e. The lowest BCUT2D eigenvalue weighted by atomic mass is 9.89. The molecule has 0 aromatic heterocycles. The summed E-state index contributed by atoms with van der Waals surface area (Å²) in [5.41, 5.74) is -0.0768. The standard InChI is InChI=1S/C10H18O3/c1-5-6-13-9(12)8(11)7-10(2,3)4/h5,8,11H,1,6-7H2,2-4H3. The van der Waals surface area contributed by atoms with Gasteiger partial charge in [-0.3, -0.25) is 0 Å². The zero-order chi connectivity index (χ0) is 10.5. The Balaban J connectivity index is 3.89. The van der Waals surface area contributed by atoms with Gasteiger partial charge >= 0.3 is 5.97 Å². The van der Waals surface area contributed by atoms with Crippen molar-refractivity contribution in [1.29, 1.82) is 0 Å². The zero-order valence-corrected chi connectivity index (χ0v) is 8.54. The highest BCUT2D eigenvalue weighted by Gasteiger charge is 2.23. The molecule has 3 nitrogen and oxygen atoms in total. The van der Waals surface area contributed by atoms with Gasteiger partial charge in [-0.05, 0) is 11.8 Å². The molecule has 0 spiro atoms. The summed E-state index contributed by atoms with van der Waals surface area (Å²) in [4.78, 5) is 11.1. The summed E-state index contributed by atoms with van der Waals surface area (Å²) >= 11 is 0. The summed E-state index contributed by atoms with van der Waals surface area (Å²) < 4.78 is 4.69. The second-order valence-electron chi connectivity index (χ2n) is 4.20. The van der Waals surface area contributed by atoms with Crippen molar-refractivity contribution in [3.8, 4) is 0 Å². The van der Waals surface area contributed by atoms with Crippen LogP contribution in [0.25, 0.3) is 0 Å². The average Bonchev–Trinajstić information content (AvgIpc) is 1.96. The minimum atomic E-state index is -1.03. The molecule has 0 saturated carbocycles. The number of aliphatic hydroxyl groups excluding tert-OH is 1. The average molecular weight is 186 g/mol. The molecule has 0 bridgehead atoms. The van der Waals surface area contributed by atoms with Crippen molar-refractivity contribution < 1.29 is 14.6 Å². The van der Waals surface area contributed by atoms with E-state index in [0.717, 1.165) is 0 Å². The van der Waals surface area contributed by atoms with E-state index in [-0.39, 0.29) is 12.0 Å². The highest BCUT2D eigenvalue weighted by atomic mass is 16.5. The van der Waals surface area contributed by atoms with Crippen LogP contribution in [0.4, 0.5) is 0 Å². The summed E-state index contributed by atoms with van der Waals surface area (Å²) in [5, 5.41) is 9.37. The monoisotopic (exact) mass is 186 g/mol. The van der Waals surface area contributed by atoms with Crippen LogP contribution in [-0.2, 0) is 9.53 Å². The van der Waals surface area contributed by atoms with E-state index in [4.69, 9.17) is 4.74 Å². The summed E-state index contributed by atoms with van der Waals surface area (Å²) in [6.07, 6.45) is 0.852. The van der Waals surface area contributed by atoms with Gasteiger partial charge in [0.05, 0.1) is 0 Å². The summed E-state index contributed by atoms with van der Waals surface area (Å²) in [6, 6.07) is 0. The fourth-order valence-corrected chi connectivity index (χ4v) is 0.901. The van der Waals surface area contributed by atoms with Gasteiger partial charge < -0.3 is 9.84 Å². The molecule has 1 atom stereocenters. The van der Waals surface area contributed by atoms with Gasteiger partial charge in [-0.25, -0.2) is 4.79 Å². The van der Waals surface area contributed by atoms with Crippen LogP contribution < -0.4 is 0 Å². The molecule has 0 aliphatic heterocycles. The van der Waals surface area contributed by atoms with Gasteiger partial charge in [-0.2, -0.15) is 0 Å². The molecule has 0 radical (unpaired) electrons. The third-order valence-corrected chi connectivity index (χ3v) is 1.42. The quantitative estimate of drug-likeness (QED) is 0.534. The predicted molar refractivity (Wildman–Crippen MR) is 51.2 cm³/mol.